The van der Waals surface area contributed by atoms with Gasteiger partial charge in [-0.2, -0.15) is 0 Å². The molecule has 5 nitrogen and oxygen atoms in total. The van der Waals surface area contributed by atoms with Crippen LogP contribution in [0.4, 0.5) is 9.18 Å². The molecule has 1 aromatic carbocycles. The van der Waals surface area contributed by atoms with Crippen molar-refractivity contribution >= 4 is 6.09 Å². The molecule has 1 saturated heterocycles. The summed E-state index contributed by atoms with van der Waals surface area (Å²) < 4.78 is 19.2. The number of hydrogen-bond acceptors (Lipinski definition) is 4. The number of ether oxygens (including phenoxy) is 1. The van der Waals surface area contributed by atoms with Gasteiger partial charge in [0.2, 0.25) is 0 Å². The minimum atomic E-state index is -0.631. The van der Waals surface area contributed by atoms with E-state index in [-0.39, 0.29) is 11.9 Å². The number of β-amino-alcohol motifs (C(OH)–C–C–N with tert-alkyl or cyclic N) is 1. The van der Waals surface area contributed by atoms with Crippen LogP contribution < -0.4 is 10.1 Å². The van der Waals surface area contributed by atoms with E-state index in [1.165, 1.54) is 6.08 Å². The van der Waals surface area contributed by atoms with E-state index < -0.39 is 6.09 Å². The van der Waals surface area contributed by atoms with Gasteiger partial charge in [-0.1, -0.05) is 18.2 Å². The van der Waals surface area contributed by atoms with Crippen LogP contribution in [0.3, 0.4) is 0 Å². The van der Waals surface area contributed by atoms with Gasteiger partial charge < -0.3 is 14.7 Å². The van der Waals surface area contributed by atoms with E-state index in [1.807, 2.05) is 11.0 Å². The van der Waals surface area contributed by atoms with Crippen LogP contribution >= 0.6 is 0 Å². The van der Waals surface area contributed by atoms with Gasteiger partial charge in [-0.25, -0.2) is 9.18 Å². The van der Waals surface area contributed by atoms with Crippen LogP contribution in [0, 0.1) is 0 Å². The second-order valence-electron chi connectivity index (χ2n) is 5.35. The smallest absolute Gasteiger partial charge is 0.410 e. The highest BCUT2D eigenvalue weighted by atomic mass is 19.1. The van der Waals surface area contributed by atoms with Crippen LogP contribution in [0.2, 0.25) is 0 Å². The highest BCUT2D eigenvalue weighted by molar-refractivity contribution is 5.72. The van der Waals surface area contributed by atoms with Crippen LogP contribution in [-0.2, 0) is 0 Å². The molecule has 3 rings (SSSR count). The first-order valence-corrected chi connectivity index (χ1v) is 7.18. The number of hydrogen-bond donors (Lipinski definition) is 2. The lowest BCUT2D eigenvalue weighted by Crippen LogP contribution is -2.50. The Kier molecular flexibility index (Phi) is 4.11. The molecule has 1 aliphatic carbocycles. The highest BCUT2D eigenvalue weighted by Crippen LogP contribution is 2.29. The van der Waals surface area contributed by atoms with Gasteiger partial charge in [0.25, 0.3) is 0 Å². The summed E-state index contributed by atoms with van der Waals surface area (Å²) in [6.07, 6.45) is 1.34. The van der Waals surface area contributed by atoms with Gasteiger partial charge in [-0.3, -0.25) is 5.32 Å². The summed E-state index contributed by atoms with van der Waals surface area (Å²) in [6.45, 7) is 0.935. The Morgan fingerprint density at radius 1 is 1.27 bits per heavy atom. The van der Waals surface area contributed by atoms with Crippen molar-refractivity contribution in [2.45, 2.75) is 18.9 Å². The van der Waals surface area contributed by atoms with Crippen molar-refractivity contribution in [1.29, 1.82) is 0 Å². The number of rotatable bonds is 3. The molecule has 0 saturated carbocycles. The maximum absolute atomic E-state index is 14.1. The first-order chi connectivity index (χ1) is 10.6. The molecule has 1 amide bonds. The summed E-state index contributed by atoms with van der Waals surface area (Å²) in [4.78, 5) is 13.6. The van der Waals surface area contributed by atoms with E-state index in [4.69, 9.17) is 4.74 Å². The Morgan fingerprint density at radius 2 is 2.00 bits per heavy atom. The van der Waals surface area contributed by atoms with Crippen molar-refractivity contribution in [2.24, 2.45) is 0 Å². The van der Waals surface area contributed by atoms with Crippen molar-refractivity contribution in [3.05, 3.63) is 53.6 Å². The van der Waals surface area contributed by atoms with Crippen molar-refractivity contribution in [1.82, 2.24) is 10.2 Å². The summed E-state index contributed by atoms with van der Waals surface area (Å²) in [6, 6.07) is 8.69. The zero-order valence-electron chi connectivity index (χ0n) is 12.0. The minimum Gasteiger partial charge on any atom is -0.410 e. The van der Waals surface area contributed by atoms with Gasteiger partial charge >= 0.3 is 6.09 Å². The monoisotopic (exact) mass is 304 g/mol. The van der Waals surface area contributed by atoms with Gasteiger partial charge in [-0.05, 0) is 31.1 Å². The minimum absolute atomic E-state index is 0.367. The Morgan fingerprint density at radius 3 is 2.64 bits per heavy atom. The molecule has 0 spiro atoms. The Labute approximate surface area is 127 Å². The number of para-hydroxylation sites is 1. The lowest BCUT2D eigenvalue weighted by atomic mass is 10.0. The van der Waals surface area contributed by atoms with Crippen molar-refractivity contribution < 1.29 is 19.0 Å². The number of nitrogens with zero attached hydrogens (tertiary/aromatic N) is 1. The highest BCUT2D eigenvalue weighted by Gasteiger charge is 2.29. The molecule has 0 radical (unpaired) electrons. The number of carbonyl (C=O) groups is 1. The molecule has 22 heavy (non-hydrogen) atoms. The van der Waals surface area contributed by atoms with Crippen LogP contribution in [-0.4, -0.2) is 35.3 Å². The number of aliphatic hydroxyl groups is 1. The summed E-state index contributed by atoms with van der Waals surface area (Å²) in [7, 11) is 0. The molecule has 1 heterocycles. The second kappa shape index (κ2) is 6.19. The molecule has 1 fully saturated rings. The molecule has 1 aromatic rings. The van der Waals surface area contributed by atoms with Gasteiger partial charge in [0.1, 0.15) is 11.6 Å². The molecule has 0 atom stereocenters. The normalized spacial score (nSPS) is 18.6. The molecule has 2 N–H and O–H groups in total. The molecule has 116 valence electrons. The standard InChI is InChI=1S/C16H17FN2O3/c17-14-8-11(6-7-15(14)19-9-12(20)10-19)18-16(21)22-13-4-2-1-3-5-13/h1-5,8,12,20H,6-7,9-10H2,(H,18,21). The average Bonchev–Trinajstić information content (AvgIpc) is 2.46. The first-order valence-electron chi connectivity index (χ1n) is 7.18. The third-order valence-corrected chi connectivity index (χ3v) is 3.67. The van der Waals surface area contributed by atoms with E-state index in [1.54, 1.807) is 24.3 Å². The van der Waals surface area contributed by atoms with Crippen molar-refractivity contribution in [3.63, 3.8) is 0 Å². The lowest BCUT2D eigenvalue weighted by molar-refractivity contribution is 0.0205. The van der Waals surface area contributed by atoms with E-state index in [0.717, 1.165) is 0 Å². The SMILES string of the molecule is O=C(NC1=CC(F)=C(N2CC(O)C2)CC1)Oc1ccccc1. The molecule has 2 aliphatic rings. The first kappa shape index (κ1) is 14.6. The quantitative estimate of drug-likeness (QED) is 0.899. The van der Waals surface area contributed by atoms with Crippen LogP contribution in [0.5, 0.6) is 5.75 Å². The molecular weight excluding hydrogens is 287 g/mol. The third kappa shape index (κ3) is 3.28. The predicted octanol–water partition coefficient (Wildman–Crippen LogP) is 2.31. The predicted molar refractivity (Wildman–Crippen MR) is 78.6 cm³/mol. The van der Waals surface area contributed by atoms with Crippen LogP contribution in [0.25, 0.3) is 0 Å². The largest absolute Gasteiger partial charge is 0.416 e. The topological polar surface area (TPSA) is 61.8 Å². The lowest BCUT2D eigenvalue weighted by Gasteiger charge is -2.40. The van der Waals surface area contributed by atoms with Crippen LogP contribution in [0.15, 0.2) is 53.6 Å². The summed E-state index contributed by atoms with van der Waals surface area (Å²) >= 11 is 0. The Bertz CT molecular complexity index is 622. The number of amides is 1. The van der Waals surface area contributed by atoms with Gasteiger partial charge in [0, 0.05) is 18.8 Å². The van der Waals surface area contributed by atoms with Crippen LogP contribution in [0.1, 0.15) is 12.8 Å². The van der Waals surface area contributed by atoms with Crippen molar-refractivity contribution in [2.75, 3.05) is 13.1 Å². The maximum atomic E-state index is 14.1. The molecule has 0 aromatic heterocycles. The van der Waals surface area contributed by atoms with Gasteiger partial charge in [0.15, 0.2) is 0 Å². The number of aliphatic hydroxyl groups excluding tert-OH is 1. The fraction of sp³-hybridized carbons (Fsp3) is 0.312. The number of carbonyl (C=O) groups excluding carboxylic acids is 1. The van der Waals surface area contributed by atoms with Gasteiger partial charge in [0.05, 0.1) is 11.8 Å². The average molecular weight is 304 g/mol. The fourth-order valence-corrected chi connectivity index (χ4v) is 2.52. The maximum Gasteiger partial charge on any atom is 0.416 e. The molecule has 0 unspecified atom stereocenters. The van der Waals surface area contributed by atoms with E-state index >= 15 is 0 Å². The van der Waals surface area contributed by atoms with Gasteiger partial charge in [-0.15, -0.1) is 0 Å². The summed E-state index contributed by atoms with van der Waals surface area (Å²) in [5.74, 6) is 0.0656. The zero-order chi connectivity index (χ0) is 15.5. The Balaban J connectivity index is 1.59. The van der Waals surface area contributed by atoms with E-state index in [2.05, 4.69) is 5.32 Å². The molecule has 0 bridgehead atoms. The summed E-state index contributed by atoms with van der Waals surface area (Å²) in [5.41, 5.74) is 1.08. The van der Waals surface area contributed by atoms with E-state index in [9.17, 15) is 14.3 Å². The van der Waals surface area contributed by atoms with E-state index in [0.29, 0.717) is 43.1 Å². The number of allylic oxidation sites excluding steroid dienone is 4. The number of halogens is 1. The zero-order valence-corrected chi connectivity index (χ0v) is 12.0. The third-order valence-electron chi connectivity index (χ3n) is 3.67. The molecule has 6 heteroatoms. The van der Waals surface area contributed by atoms with Crippen molar-refractivity contribution in [3.8, 4) is 5.75 Å². The number of benzene rings is 1. The number of likely N-dealkylation sites (tertiary alicyclic amines) is 1. The summed E-state index contributed by atoms with van der Waals surface area (Å²) in [5, 5.41) is 11.8. The molecular formula is C16H17FN2O3. The number of nitrogens with one attached hydrogen (secondary N) is 1. The second-order valence-corrected chi connectivity index (χ2v) is 5.35. The Hall–Kier alpha value is -2.34. The fourth-order valence-electron chi connectivity index (χ4n) is 2.52. The molecule has 1 aliphatic heterocycles.